The zero-order valence-corrected chi connectivity index (χ0v) is 23.1. The maximum absolute atomic E-state index is 2.41. The molecule has 0 nitrogen and oxygen atoms in total. The lowest BCUT2D eigenvalue weighted by molar-refractivity contribution is 0.984. The Morgan fingerprint density at radius 3 is 2.20 bits per heavy atom. The molecule has 0 fully saturated rings. The van der Waals surface area contributed by atoms with Crippen LogP contribution in [0.5, 0.6) is 0 Å². The molecule has 0 N–H and O–H groups in total. The smallest absolute Gasteiger partial charge is 0.00139 e. The summed E-state index contributed by atoms with van der Waals surface area (Å²) in [5, 5.41) is 0. The molecule has 0 unspecified atom stereocenters. The molecule has 0 aromatic heterocycles. The summed E-state index contributed by atoms with van der Waals surface area (Å²) in [5.41, 5.74) is 13.7. The van der Waals surface area contributed by atoms with Crippen LogP contribution in [0.15, 0.2) is 144 Å². The molecule has 2 bridgehead atoms. The van der Waals surface area contributed by atoms with Crippen molar-refractivity contribution in [2.45, 2.75) is 38.5 Å². The van der Waals surface area contributed by atoms with Crippen LogP contribution in [0.4, 0.5) is 0 Å². The molecule has 2 aromatic rings. The lowest BCUT2D eigenvalue weighted by Gasteiger charge is -2.18. The van der Waals surface area contributed by atoms with E-state index in [2.05, 4.69) is 146 Å². The zero-order chi connectivity index (χ0) is 27.0. The Morgan fingerprint density at radius 2 is 1.30 bits per heavy atom. The van der Waals surface area contributed by atoms with E-state index in [1.54, 1.807) is 0 Å². The summed E-state index contributed by atoms with van der Waals surface area (Å²) in [5.74, 6) is 0. The molecule has 2 aromatic carbocycles. The molecular formula is C40H36. The third-order valence-electron chi connectivity index (χ3n) is 8.01. The van der Waals surface area contributed by atoms with Gasteiger partial charge in [-0.15, -0.1) is 0 Å². The molecule has 0 radical (unpaired) electrons. The molecule has 4 aliphatic rings. The fraction of sp³-hybridized carbons (Fsp3) is 0.150. The van der Waals surface area contributed by atoms with E-state index >= 15 is 0 Å². The quantitative estimate of drug-likeness (QED) is 0.372. The van der Waals surface area contributed by atoms with Crippen molar-refractivity contribution in [2.24, 2.45) is 0 Å². The van der Waals surface area contributed by atoms with Gasteiger partial charge >= 0.3 is 0 Å². The summed E-state index contributed by atoms with van der Waals surface area (Å²) in [6, 6.07) is 13.6. The highest BCUT2D eigenvalue weighted by atomic mass is 14.2. The number of allylic oxidation sites excluding steroid dienone is 19. The topological polar surface area (TPSA) is 0 Å². The molecule has 40 heavy (non-hydrogen) atoms. The summed E-state index contributed by atoms with van der Waals surface area (Å²) in [4.78, 5) is 0. The molecule has 0 heteroatoms. The summed E-state index contributed by atoms with van der Waals surface area (Å²) in [6.45, 7) is 0. The molecule has 196 valence electrons. The van der Waals surface area contributed by atoms with Crippen LogP contribution in [-0.2, 0) is 12.8 Å². The molecule has 0 spiro atoms. The van der Waals surface area contributed by atoms with Crippen LogP contribution >= 0.6 is 0 Å². The molecule has 0 saturated heterocycles. The molecule has 0 aliphatic heterocycles. The second-order valence-corrected chi connectivity index (χ2v) is 10.7. The van der Waals surface area contributed by atoms with E-state index in [-0.39, 0.29) is 0 Å². The van der Waals surface area contributed by atoms with Crippen LogP contribution < -0.4 is 0 Å². The Hall–Kier alpha value is -4.42. The first kappa shape index (κ1) is 25.8. The Morgan fingerprint density at radius 1 is 0.525 bits per heavy atom. The van der Waals surface area contributed by atoms with Crippen molar-refractivity contribution in [3.63, 3.8) is 0 Å². The Balaban J connectivity index is 1.29. The van der Waals surface area contributed by atoms with Gasteiger partial charge in [-0.05, 0) is 94.2 Å². The predicted octanol–water partition coefficient (Wildman–Crippen LogP) is 10.5. The summed E-state index contributed by atoms with van der Waals surface area (Å²) < 4.78 is 0. The molecule has 6 rings (SSSR count). The minimum atomic E-state index is 0.898. The van der Waals surface area contributed by atoms with Gasteiger partial charge in [-0.25, -0.2) is 0 Å². The monoisotopic (exact) mass is 516 g/mol. The first-order chi connectivity index (χ1) is 19.8. The van der Waals surface area contributed by atoms with Crippen LogP contribution in [0, 0.1) is 0 Å². The highest BCUT2D eigenvalue weighted by molar-refractivity contribution is 5.73. The van der Waals surface area contributed by atoms with Crippen LogP contribution in [0.3, 0.4) is 0 Å². The molecule has 0 amide bonds. The van der Waals surface area contributed by atoms with E-state index in [9.17, 15) is 0 Å². The van der Waals surface area contributed by atoms with Gasteiger partial charge in [-0.1, -0.05) is 146 Å². The van der Waals surface area contributed by atoms with Crippen molar-refractivity contribution in [1.29, 1.82) is 0 Å². The minimum Gasteiger partial charge on any atom is -0.0836 e. The first-order valence-corrected chi connectivity index (χ1v) is 14.5. The Bertz CT molecular complexity index is 1610. The van der Waals surface area contributed by atoms with Crippen molar-refractivity contribution in [3.8, 4) is 0 Å². The number of hydrogen-bond acceptors (Lipinski definition) is 0. The standard InChI is InChI=1S/C40H36/c1-3-7-17-33(38-27-26-34-19-11-12-21-36(34)29-38)18-8-4-2-6-16-32(15-5-1)37-20-10-9-14-31-24-25-35-22-13-23-39(30-37)40(35)28-31/h1-11,13-15,17,19,22-27,29-30H,12,16,18,20-21,28H2/b5-1-,6-2-,7-3-,8-4-,10-9-,31-14-,32-15-,33-17-,37-30?. The molecule has 4 aliphatic carbocycles. The first-order valence-electron chi connectivity index (χ1n) is 14.5. The molecule has 0 heterocycles. The fourth-order valence-corrected chi connectivity index (χ4v) is 5.79. The largest absolute Gasteiger partial charge is 0.0836 e. The van der Waals surface area contributed by atoms with Gasteiger partial charge in [0.25, 0.3) is 0 Å². The SMILES string of the molecule is C1=Cc2ccc(\C3=C/C=C\C=C/C=C(\C4=Cc5cccc6c5C/C(=C\C=C/C4)C=C6)C/C=C\C=C/C3)cc2CC1. The predicted molar refractivity (Wildman–Crippen MR) is 175 cm³/mol. The van der Waals surface area contributed by atoms with Crippen molar-refractivity contribution >= 4 is 23.8 Å². The highest BCUT2D eigenvalue weighted by Gasteiger charge is 2.13. The summed E-state index contributed by atoms with van der Waals surface area (Å²) in [7, 11) is 0. The second-order valence-electron chi connectivity index (χ2n) is 10.7. The van der Waals surface area contributed by atoms with Gasteiger partial charge in [0.1, 0.15) is 0 Å². The van der Waals surface area contributed by atoms with E-state index in [4.69, 9.17) is 0 Å². The number of aryl methyl sites for hydroxylation is 1. The third kappa shape index (κ3) is 6.24. The maximum Gasteiger partial charge on any atom is -0.00139 e. The van der Waals surface area contributed by atoms with Gasteiger partial charge in [0.05, 0.1) is 0 Å². The molecule has 0 saturated carbocycles. The number of benzene rings is 2. The molecule has 0 atom stereocenters. The number of hydrogen-bond donors (Lipinski definition) is 0. The average molecular weight is 517 g/mol. The van der Waals surface area contributed by atoms with E-state index in [1.807, 2.05) is 0 Å². The highest BCUT2D eigenvalue weighted by Crippen LogP contribution is 2.31. The van der Waals surface area contributed by atoms with Crippen LogP contribution in [-0.4, -0.2) is 0 Å². The van der Waals surface area contributed by atoms with E-state index < -0.39 is 0 Å². The summed E-state index contributed by atoms with van der Waals surface area (Å²) in [6.07, 6.45) is 46.4. The fourth-order valence-electron chi connectivity index (χ4n) is 5.79. The minimum absolute atomic E-state index is 0.898. The van der Waals surface area contributed by atoms with Gasteiger partial charge in [-0.2, -0.15) is 0 Å². The zero-order valence-electron chi connectivity index (χ0n) is 23.1. The normalized spacial score (nSPS) is 26.2. The van der Waals surface area contributed by atoms with Crippen LogP contribution in [0.1, 0.15) is 59.1 Å². The molecular weight excluding hydrogens is 480 g/mol. The van der Waals surface area contributed by atoms with Gasteiger partial charge in [0, 0.05) is 0 Å². The third-order valence-corrected chi connectivity index (χ3v) is 8.01. The number of rotatable bonds is 2. The van der Waals surface area contributed by atoms with Gasteiger partial charge < -0.3 is 0 Å². The van der Waals surface area contributed by atoms with Crippen molar-refractivity contribution < 1.29 is 0 Å². The summed E-state index contributed by atoms with van der Waals surface area (Å²) >= 11 is 0. The number of fused-ring (bicyclic) bond motifs is 2. The van der Waals surface area contributed by atoms with Gasteiger partial charge in [0.15, 0.2) is 0 Å². The van der Waals surface area contributed by atoms with E-state index in [0.29, 0.717) is 0 Å². The van der Waals surface area contributed by atoms with Crippen molar-refractivity contribution in [2.75, 3.05) is 0 Å². The lowest BCUT2D eigenvalue weighted by atomic mass is 9.87. The van der Waals surface area contributed by atoms with Crippen molar-refractivity contribution in [3.05, 3.63) is 178 Å². The van der Waals surface area contributed by atoms with E-state index in [0.717, 1.165) is 38.5 Å². The van der Waals surface area contributed by atoms with Crippen LogP contribution in [0.25, 0.3) is 23.8 Å². The van der Waals surface area contributed by atoms with E-state index in [1.165, 1.54) is 55.7 Å². The van der Waals surface area contributed by atoms with Crippen LogP contribution in [0.2, 0.25) is 0 Å². The second kappa shape index (κ2) is 12.6. The lowest BCUT2D eigenvalue weighted by Crippen LogP contribution is -2.01. The van der Waals surface area contributed by atoms with Gasteiger partial charge in [-0.3, -0.25) is 0 Å². The average Bonchev–Trinajstić information content (AvgIpc) is 2.99. The Kier molecular flexibility index (Phi) is 8.15. The maximum atomic E-state index is 2.41. The Labute approximate surface area is 239 Å². The van der Waals surface area contributed by atoms with Crippen molar-refractivity contribution in [1.82, 2.24) is 0 Å². The van der Waals surface area contributed by atoms with Gasteiger partial charge in [0.2, 0.25) is 0 Å².